The van der Waals surface area contributed by atoms with Gasteiger partial charge < -0.3 is 5.73 Å². The topological polar surface area (TPSA) is 26.0 Å². The van der Waals surface area contributed by atoms with Crippen molar-refractivity contribution >= 4 is 11.8 Å². The zero-order valence-corrected chi connectivity index (χ0v) is 12.0. The highest BCUT2D eigenvalue weighted by molar-refractivity contribution is 7.98. The molecule has 0 amide bonds. The van der Waals surface area contributed by atoms with Crippen LogP contribution in [0.25, 0.3) is 0 Å². The predicted octanol–water partition coefficient (Wildman–Crippen LogP) is 4.45. The zero-order valence-electron chi connectivity index (χ0n) is 11.2. The zero-order chi connectivity index (χ0) is 13.8. The summed E-state index contributed by atoms with van der Waals surface area (Å²) >= 11 is 1.51. The van der Waals surface area contributed by atoms with E-state index in [4.69, 9.17) is 5.73 Å². The molecular weight excluding hydrogens is 257 g/mol. The summed E-state index contributed by atoms with van der Waals surface area (Å²) < 4.78 is 13.9. The molecule has 0 fully saturated rings. The number of hydrogen-bond acceptors (Lipinski definition) is 2. The third kappa shape index (κ3) is 3.37. The molecule has 0 aliphatic rings. The molecule has 0 bridgehead atoms. The van der Waals surface area contributed by atoms with Crippen LogP contribution in [0.5, 0.6) is 0 Å². The number of aryl methyl sites for hydroxylation is 1. The molecule has 0 saturated carbocycles. The van der Waals surface area contributed by atoms with Gasteiger partial charge in [0.15, 0.2) is 0 Å². The molecule has 0 heterocycles. The van der Waals surface area contributed by atoms with Crippen molar-refractivity contribution in [1.82, 2.24) is 0 Å². The monoisotopic (exact) mass is 275 g/mol. The van der Waals surface area contributed by atoms with E-state index >= 15 is 0 Å². The van der Waals surface area contributed by atoms with Gasteiger partial charge in [-0.05, 0) is 36.6 Å². The van der Waals surface area contributed by atoms with Crippen LogP contribution in [0.2, 0.25) is 0 Å². The molecule has 2 aromatic rings. The molecule has 0 aliphatic heterocycles. The van der Waals surface area contributed by atoms with Gasteiger partial charge >= 0.3 is 0 Å². The second-order valence-electron chi connectivity index (χ2n) is 4.66. The molecule has 2 rings (SSSR count). The van der Waals surface area contributed by atoms with Crippen LogP contribution in [-0.4, -0.2) is 0 Å². The van der Waals surface area contributed by atoms with Gasteiger partial charge in [0.25, 0.3) is 0 Å². The van der Waals surface area contributed by atoms with E-state index in [-0.39, 0.29) is 11.9 Å². The first-order chi connectivity index (χ1) is 9.09. The lowest BCUT2D eigenvalue weighted by molar-refractivity contribution is 0.591. The van der Waals surface area contributed by atoms with Gasteiger partial charge in [0.1, 0.15) is 5.82 Å². The van der Waals surface area contributed by atoms with E-state index in [1.807, 2.05) is 25.1 Å². The standard InChI is InChI=1S/C16H18FNS/c1-11-6-3-4-7-13(11)10-19-16-14(12(2)18)8-5-9-15(16)17/h3-9,12H,10,18H2,1-2H3/t12-/m1/s1. The fourth-order valence-electron chi connectivity index (χ4n) is 1.96. The quantitative estimate of drug-likeness (QED) is 0.834. The van der Waals surface area contributed by atoms with Crippen molar-refractivity contribution < 1.29 is 4.39 Å². The second kappa shape index (κ2) is 6.22. The predicted molar refractivity (Wildman–Crippen MR) is 79.7 cm³/mol. The Morgan fingerprint density at radius 3 is 2.58 bits per heavy atom. The summed E-state index contributed by atoms with van der Waals surface area (Å²) in [4.78, 5) is 0.667. The third-order valence-corrected chi connectivity index (χ3v) is 4.30. The van der Waals surface area contributed by atoms with Gasteiger partial charge in [-0.1, -0.05) is 36.4 Å². The maximum absolute atomic E-state index is 13.9. The van der Waals surface area contributed by atoms with E-state index in [2.05, 4.69) is 19.1 Å². The molecule has 0 aliphatic carbocycles. The Kier molecular flexibility index (Phi) is 4.61. The molecule has 2 N–H and O–H groups in total. The Bertz CT molecular complexity index is 566. The minimum Gasteiger partial charge on any atom is -0.324 e. The van der Waals surface area contributed by atoms with Gasteiger partial charge in [-0.15, -0.1) is 11.8 Å². The summed E-state index contributed by atoms with van der Waals surface area (Å²) in [5.41, 5.74) is 9.23. The van der Waals surface area contributed by atoms with Crippen LogP contribution in [0.4, 0.5) is 4.39 Å². The molecular formula is C16H18FNS. The first kappa shape index (κ1) is 14.1. The summed E-state index contributed by atoms with van der Waals surface area (Å²) in [7, 11) is 0. The molecule has 1 atom stereocenters. The summed E-state index contributed by atoms with van der Waals surface area (Å²) in [6.45, 7) is 3.95. The highest BCUT2D eigenvalue weighted by atomic mass is 32.2. The Morgan fingerprint density at radius 2 is 1.89 bits per heavy atom. The largest absolute Gasteiger partial charge is 0.324 e. The number of halogens is 1. The third-order valence-electron chi connectivity index (χ3n) is 3.12. The molecule has 0 unspecified atom stereocenters. The number of rotatable bonds is 4. The number of thioether (sulfide) groups is 1. The average Bonchev–Trinajstić information content (AvgIpc) is 2.38. The summed E-state index contributed by atoms with van der Waals surface area (Å²) in [6.07, 6.45) is 0. The van der Waals surface area contributed by atoms with Gasteiger partial charge in [0, 0.05) is 16.7 Å². The smallest absolute Gasteiger partial charge is 0.137 e. The molecule has 2 aromatic carbocycles. The summed E-state index contributed by atoms with van der Waals surface area (Å²) in [5.74, 6) is 0.571. The lowest BCUT2D eigenvalue weighted by Crippen LogP contribution is -2.07. The minimum absolute atomic E-state index is 0.157. The molecule has 0 saturated heterocycles. The van der Waals surface area contributed by atoms with Crippen LogP contribution < -0.4 is 5.73 Å². The van der Waals surface area contributed by atoms with Gasteiger partial charge in [-0.3, -0.25) is 0 Å². The first-order valence-corrected chi connectivity index (χ1v) is 7.29. The maximum Gasteiger partial charge on any atom is 0.137 e. The molecule has 0 spiro atoms. The highest BCUT2D eigenvalue weighted by Gasteiger charge is 2.12. The van der Waals surface area contributed by atoms with Crippen molar-refractivity contribution in [2.45, 2.75) is 30.5 Å². The van der Waals surface area contributed by atoms with Crippen molar-refractivity contribution in [3.63, 3.8) is 0 Å². The van der Waals surface area contributed by atoms with Gasteiger partial charge in [-0.25, -0.2) is 4.39 Å². The maximum atomic E-state index is 13.9. The molecule has 0 radical (unpaired) electrons. The van der Waals surface area contributed by atoms with Crippen LogP contribution in [0.15, 0.2) is 47.4 Å². The number of benzene rings is 2. The molecule has 19 heavy (non-hydrogen) atoms. The van der Waals surface area contributed by atoms with Crippen molar-refractivity contribution in [3.8, 4) is 0 Å². The van der Waals surface area contributed by atoms with E-state index in [1.165, 1.54) is 29.0 Å². The lowest BCUT2D eigenvalue weighted by Gasteiger charge is -2.13. The lowest BCUT2D eigenvalue weighted by atomic mass is 10.1. The Balaban J connectivity index is 2.22. The Morgan fingerprint density at radius 1 is 1.16 bits per heavy atom. The fourth-order valence-corrected chi connectivity index (χ4v) is 3.21. The molecule has 3 heteroatoms. The van der Waals surface area contributed by atoms with Crippen molar-refractivity contribution in [2.75, 3.05) is 0 Å². The summed E-state index contributed by atoms with van der Waals surface area (Å²) in [6, 6.07) is 13.1. The SMILES string of the molecule is Cc1ccccc1CSc1c(F)cccc1[C@@H](C)N. The van der Waals surface area contributed by atoms with Crippen molar-refractivity contribution in [1.29, 1.82) is 0 Å². The molecule has 1 nitrogen and oxygen atoms in total. The normalized spacial score (nSPS) is 12.4. The average molecular weight is 275 g/mol. The molecule has 100 valence electrons. The second-order valence-corrected chi connectivity index (χ2v) is 5.65. The Labute approximate surface area is 118 Å². The number of hydrogen-bond donors (Lipinski definition) is 1. The van der Waals surface area contributed by atoms with Gasteiger partial charge in [0.05, 0.1) is 0 Å². The van der Waals surface area contributed by atoms with E-state index < -0.39 is 0 Å². The van der Waals surface area contributed by atoms with Gasteiger partial charge in [-0.2, -0.15) is 0 Å². The van der Waals surface area contributed by atoms with E-state index in [1.54, 1.807) is 6.07 Å². The highest BCUT2D eigenvalue weighted by Crippen LogP contribution is 2.32. The van der Waals surface area contributed by atoms with Crippen molar-refractivity contribution in [3.05, 3.63) is 65.0 Å². The van der Waals surface area contributed by atoms with Crippen molar-refractivity contribution in [2.24, 2.45) is 5.73 Å². The first-order valence-electron chi connectivity index (χ1n) is 6.31. The van der Waals surface area contributed by atoms with Crippen LogP contribution in [0.1, 0.15) is 29.7 Å². The van der Waals surface area contributed by atoms with E-state index in [0.717, 1.165) is 11.3 Å². The van der Waals surface area contributed by atoms with Crippen LogP contribution >= 0.6 is 11.8 Å². The van der Waals surface area contributed by atoms with Gasteiger partial charge in [0.2, 0.25) is 0 Å². The van der Waals surface area contributed by atoms with E-state index in [9.17, 15) is 4.39 Å². The number of nitrogens with two attached hydrogens (primary N) is 1. The minimum atomic E-state index is -0.187. The van der Waals surface area contributed by atoms with Crippen LogP contribution in [0.3, 0.4) is 0 Å². The fraction of sp³-hybridized carbons (Fsp3) is 0.250. The van der Waals surface area contributed by atoms with Crippen LogP contribution in [0, 0.1) is 12.7 Å². The Hall–Kier alpha value is -1.32. The van der Waals surface area contributed by atoms with Crippen LogP contribution in [-0.2, 0) is 5.75 Å². The van der Waals surface area contributed by atoms with E-state index in [0.29, 0.717) is 4.90 Å². The molecule has 0 aromatic heterocycles. The summed E-state index contributed by atoms with van der Waals surface area (Å²) in [5, 5.41) is 0.